The van der Waals surface area contributed by atoms with Gasteiger partial charge in [0.15, 0.2) is 0 Å². The second kappa shape index (κ2) is 19.8. The van der Waals surface area contributed by atoms with E-state index in [1.54, 1.807) is 6.92 Å². The summed E-state index contributed by atoms with van der Waals surface area (Å²) in [7, 11) is 0. The van der Waals surface area contributed by atoms with Gasteiger partial charge < -0.3 is 31.3 Å². The van der Waals surface area contributed by atoms with Crippen LogP contribution in [0, 0.1) is 6.92 Å². The molecule has 0 heterocycles. The lowest BCUT2D eigenvalue weighted by Crippen LogP contribution is -2.47. The fourth-order valence-electron chi connectivity index (χ4n) is 2.16. The monoisotopic (exact) mass is 455 g/mol. The molecule has 0 aliphatic carbocycles. The van der Waals surface area contributed by atoms with E-state index in [0.717, 1.165) is 19.5 Å². The van der Waals surface area contributed by atoms with E-state index in [0.29, 0.717) is 6.42 Å². The van der Waals surface area contributed by atoms with Crippen molar-refractivity contribution in [1.82, 2.24) is 16.0 Å². The molecule has 0 saturated heterocycles. The molecule has 182 valence electrons. The smallest absolute Gasteiger partial charge is 0.326 e. The van der Waals surface area contributed by atoms with Crippen LogP contribution in [0.4, 0.5) is 4.79 Å². The highest BCUT2D eigenvalue weighted by molar-refractivity contribution is 5.84. The van der Waals surface area contributed by atoms with Crippen LogP contribution in [0.1, 0.15) is 57.6 Å². The van der Waals surface area contributed by atoms with E-state index in [1.807, 2.05) is 20.8 Å². The number of carbonyl (C=O) groups excluding carboxylic acids is 1. The van der Waals surface area contributed by atoms with Crippen molar-refractivity contribution in [2.24, 2.45) is 0 Å². The summed E-state index contributed by atoms with van der Waals surface area (Å²) in [5, 5.41) is 32.9. The highest BCUT2D eigenvalue weighted by Gasteiger charge is 2.19. The van der Waals surface area contributed by atoms with Crippen molar-refractivity contribution in [2.75, 3.05) is 13.1 Å². The number of benzene rings is 1. The number of hydrogen-bond acceptors (Lipinski definition) is 5. The molecule has 10 nitrogen and oxygen atoms in total. The predicted octanol–water partition coefficient (Wildman–Crippen LogP) is 2.60. The molecule has 0 aromatic heterocycles. The number of carbonyl (C=O) groups is 4. The number of amides is 2. The summed E-state index contributed by atoms with van der Waals surface area (Å²) in [5.74, 6) is -3.08. The van der Waals surface area contributed by atoms with Crippen LogP contribution in [0.15, 0.2) is 24.3 Å². The zero-order valence-electron chi connectivity index (χ0n) is 19.3. The molecule has 0 fully saturated rings. The van der Waals surface area contributed by atoms with E-state index < -0.39 is 36.5 Å². The Kier molecular flexibility index (Phi) is 19.2. The Bertz CT molecular complexity index is 679. The van der Waals surface area contributed by atoms with Crippen LogP contribution in [0.25, 0.3) is 0 Å². The van der Waals surface area contributed by atoms with E-state index in [2.05, 4.69) is 40.2 Å². The Morgan fingerprint density at radius 1 is 0.938 bits per heavy atom. The first-order chi connectivity index (χ1) is 15.1. The van der Waals surface area contributed by atoms with E-state index in [-0.39, 0.29) is 12.8 Å². The summed E-state index contributed by atoms with van der Waals surface area (Å²) < 4.78 is 0. The molecule has 0 radical (unpaired) electrons. The maximum Gasteiger partial charge on any atom is 0.326 e. The molecule has 1 atom stereocenters. The molecule has 32 heavy (non-hydrogen) atoms. The maximum atomic E-state index is 11.4. The number of nitrogens with one attached hydrogen (secondary N) is 3. The van der Waals surface area contributed by atoms with E-state index in [1.165, 1.54) is 11.1 Å². The lowest BCUT2D eigenvalue weighted by atomic mass is 10.1. The third kappa shape index (κ3) is 18.9. The fourth-order valence-corrected chi connectivity index (χ4v) is 2.16. The quantitative estimate of drug-likeness (QED) is 0.262. The highest BCUT2D eigenvalue weighted by Crippen LogP contribution is 2.04. The number of aryl methyl sites for hydroxylation is 1. The van der Waals surface area contributed by atoms with Gasteiger partial charge in [-0.3, -0.25) is 9.59 Å². The van der Waals surface area contributed by atoms with Gasteiger partial charge in [0, 0.05) is 13.0 Å². The predicted molar refractivity (Wildman–Crippen MR) is 122 cm³/mol. The molecule has 1 aromatic rings. The molecular weight excluding hydrogens is 418 g/mol. The van der Waals surface area contributed by atoms with Crippen LogP contribution in [0.5, 0.6) is 0 Å². The number of rotatable bonds is 12. The minimum atomic E-state index is -1.19. The molecule has 0 saturated carbocycles. The van der Waals surface area contributed by atoms with Crippen molar-refractivity contribution in [2.45, 2.75) is 66.0 Å². The molecule has 1 rings (SSSR count). The zero-order valence-corrected chi connectivity index (χ0v) is 19.3. The minimum absolute atomic E-state index is 0.222. The van der Waals surface area contributed by atoms with Gasteiger partial charge in [-0.05, 0) is 38.3 Å². The topological polar surface area (TPSA) is 165 Å². The van der Waals surface area contributed by atoms with E-state index in [9.17, 15) is 19.2 Å². The van der Waals surface area contributed by atoms with E-state index >= 15 is 0 Å². The molecule has 0 spiro atoms. The van der Waals surface area contributed by atoms with Crippen LogP contribution in [0.2, 0.25) is 0 Å². The van der Waals surface area contributed by atoms with Crippen molar-refractivity contribution in [1.29, 1.82) is 0 Å². The summed E-state index contributed by atoms with van der Waals surface area (Å²) in [4.78, 5) is 42.3. The third-order valence-corrected chi connectivity index (χ3v) is 3.85. The van der Waals surface area contributed by atoms with Gasteiger partial charge in [-0.1, -0.05) is 50.6 Å². The van der Waals surface area contributed by atoms with Crippen LogP contribution in [-0.2, 0) is 20.9 Å². The summed E-state index contributed by atoms with van der Waals surface area (Å²) in [6, 6.07) is 6.38. The van der Waals surface area contributed by atoms with Crippen LogP contribution >= 0.6 is 0 Å². The van der Waals surface area contributed by atoms with Crippen molar-refractivity contribution in [3.63, 3.8) is 0 Å². The molecule has 2 amide bonds. The standard InChI is InChI=1S/C17H25N3O5.C3H6O2.C2H6/c1-12-5-7-13(8-6-12)10-18-9-3-2-4-14(16(23)24)20-17(25)19-11-15(21)22;1-2-3(4)5;1-2/h5-8,14,18H,2-4,9-11H2,1H3,(H,21,22)(H,23,24)(H2,19,20,25);2H2,1H3,(H,4,5);1-2H3/t14-;;/m0../s1. The van der Waals surface area contributed by atoms with Crippen LogP contribution < -0.4 is 16.0 Å². The molecule has 0 aliphatic heterocycles. The SMILES string of the molecule is CC.CCC(=O)O.Cc1ccc(CNCCCC[C@H](NC(=O)NCC(=O)O)C(=O)O)cc1. The minimum Gasteiger partial charge on any atom is -0.481 e. The number of hydrogen-bond donors (Lipinski definition) is 6. The number of unbranched alkanes of at least 4 members (excludes halogenated alkanes) is 1. The average molecular weight is 456 g/mol. The largest absolute Gasteiger partial charge is 0.481 e. The molecule has 1 aromatic carbocycles. The molecule has 0 aliphatic rings. The summed E-state index contributed by atoms with van der Waals surface area (Å²) in [5.41, 5.74) is 2.40. The Morgan fingerprint density at radius 3 is 1.97 bits per heavy atom. The van der Waals surface area contributed by atoms with Gasteiger partial charge in [-0.25, -0.2) is 9.59 Å². The molecule has 6 N–H and O–H groups in total. The second-order valence-electron chi connectivity index (χ2n) is 6.52. The summed E-state index contributed by atoms with van der Waals surface area (Å²) in [6.07, 6.45) is 1.90. The molecule has 0 unspecified atom stereocenters. The van der Waals surface area contributed by atoms with Crippen LogP contribution in [0.3, 0.4) is 0 Å². The van der Waals surface area contributed by atoms with Gasteiger partial charge in [-0.15, -0.1) is 0 Å². The lowest BCUT2D eigenvalue weighted by Gasteiger charge is -2.14. The molecule has 10 heteroatoms. The van der Waals surface area contributed by atoms with Crippen molar-refractivity contribution >= 4 is 23.9 Å². The normalized spacial score (nSPS) is 10.4. The third-order valence-electron chi connectivity index (χ3n) is 3.85. The number of carboxylic acid groups (broad SMARTS) is 3. The van der Waals surface area contributed by atoms with Crippen molar-refractivity contribution in [3.05, 3.63) is 35.4 Å². The first-order valence-electron chi connectivity index (χ1n) is 10.6. The summed E-state index contributed by atoms with van der Waals surface area (Å²) >= 11 is 0. The van der Waals surface area contributed by atoms with Gasteiger partial charge in [0.2, 0.25) is 0 Å². The van der Waals surface area contributed by atoms with Crippen molar-refractivity contribution < 1.29 is 34.5 Å². The van der Waals surface area contributed by atoms with Gasteiger partial charge in [0.05, 0.1) is 0 Å². The fraction of sp³-hybridized carbons (Fsp3) is 0.545. The highest BCUT2D eigenvalue weighted by atomic mass is 16.4. The van der Waals surface area contributed by atoms with Gasteiger partial charge in [0.25, 0.3) is 0 Å². The Balaban J connectivity index is 0. The Labute approximate surface area is 189 Å². The molecule has 0 bridgehead atoms. The Hall–Kier alpha value is -3.14. The van der Waals surface area contributed by atoms with Gasteiger partial charge in [0.1, 0.15) is 12.6 Å². The number of carboxylic acids is 3. The number of urea groups is 1. The average Bonchev–Trinajstić information content (AvgIpc) is 2.76. The first-order valence-corrected chi connectivity index (χ1v) is 10.6. The summed E-state index contributed by atoms with van der Waals surface area (Å²) in [6.45, 7) is 8.57. The second-order valence-corrected chi connectivity index (χ2v) is 6.52. The first kappa shape index (κ1) is 31.0. The van der Waals surface area contributed by atoms with Crippen LogP contribution in [-0.4, -0.2) is 58.4 Å². The number of aliphatic carboxylic acids is 3. The lowest BCUT2D eigenvalue weighted by molar-refractivity contribution is -0.139. The maximum absolute atomic E-state index is 11.4. The van der Waals surface area contributed by atoms with Gasteiger partial charge in [-0.2, -0.15) is 0 Å². The Morgan fingerprint density at radius 2 is 1.50 bits per heavy atom. The van der Waals surface area contributed by atoms with Crippen molar-refractivity contribution in [3.8, 4) is 0 Å². The van der Waals surface area contributed by atoms with E-state index in [4.69, 9.17) is 15.3 Å². The zero-order chi connectivity index (χ0) is 24.9. The molecular formula is C22H37N3O7. The van der Waals surface area contributed by atoms with Gasteiger partial charge >= 0.3 is 23.9 Å².